The second kappa shape index (κ2) is 7.05. The van der Waals surface area contributed by atoms with Gasteiger partial charge in [0.2, 0.25) is 0 Å². The van der Waals surface area contributed by atoms with Crippen LogP contribution < -0.4 is 0 Å². The molecule has 0 bridgehead atoms. The van der Waals surface area contributed by atoms with Gasteiger partial charge in [0, 0.05) is 11.8 Å². The van der Waals surface area contributed by atoms with Gasteiger partial charge < -0.3 is 4.74 Å². The molecule has 104 valence electrons. The van der Waals surface area contributed by atoms with E-state index in [4.69, 9.17) is 51.7 Å². The molecule has 0 saturated heterocycles. The quantitative estimate of drug-likeness (QED) is 0.424. The minimum Gasteiger partial charge on any atom is -0.351 e. The SMILES string of the molecule is CCC(C(=O)OC#N)C(C)(C)C(Cl)CC(Cl)(Cl)Cl. The zero-order valence-electron chi connectivity index (χ0n) is 10.3. The molecule has 18 heavy (non-hydrogen) atoms. The fourth-order valence-corrected chi connectivity index (χ4v) is 2.88. The third-order valence-electron chi connectivity index (χ3n) is 2.96. The van der Waals surface area contributed by atoms with Gasteiger partial charge in [-0.3, -0.25) is 4.79 Å². The van der Waals surface area contributed by atoms with Crippen LogP contribution in [0.25, 0.3) is 0 Å². The van der Waals surface area contributed by atoms with Gasteiger partial charge in [-0.15, -0.1) is 16.9 Å². The number of hydrogen-bond donors (Lipinski definition) is 0. The van der Waals surface area contributed by atoms with E-state index in [2.05, 4.69) is 4.74 Å². The Morgan fingerprint density at radius 1 is 1.39 bits per heavy atom. The molecule has 0 aliphatic rings. The van der Waals surface area contributed by atoms with Crippen molar-refractivity contribution in [1.82, 2.24) is 0 Å². The van der Waals surface area contributed by atoms with Crippen molar-refractivity contribution in [3.8, 4) is 6.26 Å². The van der Waals surface area contributed by atoms with Crippen LogP contribution in [-0.4, -0.2) is 15.1 Å². The molecule has 7 heteroatoms. The van der Waals surface area contributed by atoms with Crippen molar-refractivity contribution in [2.45, 2.75) is 42.8 Å². The first kappa shape index (κ1) is 18.1. The molecule has 0 aromatic rings. The number of nitrogens with zero attached hydrogens (tertiary/aromatic N) is 1. The highest BCUT2D eigenvalue weighted by Crippen LogP contribution is 2.44. The van der Waals surface area contributed by atoms with Crippen LogP contribution in [0.3, 0.4) is 0 Å². The monoisotopic (exact) mass is 333 g/mol. The van der Waals surface area contributed by atoms with Crippen LogP contribution >= 0.6 is 46.4 Å². The first-order chi connectivity index (χ1) is 8.06. The van der Waals surface area contributed by atoms with Crippen molar-refractivity contribution in [2.75, 3.05) is 0 Å². The highest BCUT2D eigenvalue weighted by Gasteiger charge is 2.43. The molecule has 0 fully saturated rings. The molecular formula is C11H15Cl4NO2. The van der Waals surface area contributed by atoms with E-state index in [0.29, 0.717) is 6.42 Å². The lowest BCUT2D eigenvalue weighted by Gasteiger charge is -2.36. The Kier molecular flexibility index (Phi) is 7.10. The number of carbonyl (C=O) groups is 1. The zero-order valence-corrected chi connectivity index (χ0v) is 13.4. The molecule has 0 aliphatic heterocycles. The number of carbonyl (C=O) groups excluding carboxylic acids is 1. The molecule has 0 aromatic heterocycles. The normalized spacial score (nSPS) is 15.7. The molecule has 2 unspecified atom stereocenters. The second-order valence-electron chi connectivity index (χ2n) is 4.58. The third-order valence-corrected chi connectivity index (χ3v) is 4.13. The Hall–Kier alpha value is 0.120. The number of ether oxygens (including phenoxy) is 1. The lowest BCUT2D eigenvalue weighted by molar-refractivity contribution is -0.146. The molecule has 0 saturated carbocycles. The van der Waals surface area contributed by atoms with Crippen molar-refractivity contribution < 1.29 is 9.53 Å². The number of esters is 1. The number of halogens is 4. The van der Waals surface area contributed by atoms with Crippen LogP contribution in [-0.2, 0) is 9.53 Å². The fourth-order valence-electron chi connectivity index (χ4n) is 1.80. The highest BCUT2D eigenvalue weighted by molar-refractivity contribution is 6.67. The van der Waals surface area contributed by atoms with Crippen LogP contribution in [0.2, 0.25) is 0 Å². The Morgan fingerprint density at radius 2 is 1.89 bits per heavy atom. The van der Waals surface area contributed by atoms with Crippen LogP contribution in [0, 0.1) is 22.9 Å². The van der Waals surface area contributed by atoms with Gasteiger partial charge >= 0.3 is 5.97 Å². The van der Waals surface area contributed by atoms with Crippen molar-refractivity contribution in [2.24, 2.45) is 11.3 Å². The van der Waals surface area contributed by atoms with E-state index in [9.17, 15) is 4.79 Å². The molecule has 0 amide bonds. The first-order valence-electron chi connectivity index (χ1n) is 5.36. The number of nitriles is 1. The van der Waals surface area contributed by atoms with Crippen molar-refractivity contribution in [3.63, 3.8) is 0 Å². The molecule has 0 aromatic carbocycles. The predicted octanol–water partition coefficient (Wildman–Crippen LogP) is 4.43. The van der Waals surface area contributed by atoms with Gasteiger partial charge in [-0.05, 0) is 11.8 Å². The van der Waals surface area contributed by atoms with Gasteiger partial charge in [-0.1, -0.05) is 55.6 Å². The molecular weight excluding hydrogens is 320 g/mol. The highest BCUT2D eigenvalue weighted by atomic mass is 35.6. The van der Waals surface area contributed by atoms with Gasteiger partial charge in [0.25, 0.3) is 6.26 Å². The lowest BCUT2D eigenvalue weighted by atomic mass is 9.73. The summed E-state index contributed by atoms with van der Waals surface area (Å²) in [5.41, 5.74) is -0.659. The fraction of sp³-hybridized carbons (Fsp3) is 0.818. The molecule has 0 aliphatic carbocycles. The smallest absolute Gasteiger partial charge is 0.325 e. The predicted molar refractivity (Wildman–Crippen MR) is 73.8 cm³/mol. The zero-order chi connectivity index (χ0) is 14.6. The maximum absolute atomic E-state index is 11.7. The summed E-state index contributed by atoms with van der Waals surface area (Å²) in [7, 11) is 0. The van der Waals surface area contributed by atoms with Gasteiger partial charge in [-0.25, -0.2) is 0 Å². The summed E-state index contributed by atoms with van der Waals surface area (Å²) >= 11 is 23.3. The van der Waals surface area contributed by atoms with E-state index in [-0.39, 0.29) is 6.42 Å². The van der Waals surface area contributed by atoms with E-state index < -0.39 is 26.5 Å². The van der Waals surface area contributed by atoms with Gasteiger partial charge in [0.15, 0.2) is 3.79 Å². The molecule has 0 radical (unpaired) electrons. The average molecular weight is 335 g/mol. The van der Waals surface area contributed by atoms with E-state index in [1.165, 1.54) is 6.26 Å². The van der Waals surface area contributed by atoms with Crippen molar-refractivity contribution >= 4 is 52.4 Å². The second-order valence-corrected chi connectivity index (χ2v) is 7.62. The molecule has 0 N–H and O–H groups in total. The van der Waals surface area contributed by atoms with Gasteiger partial charge in [0.1, 0.15) is 0 Å². The van der Waals surface area contributed by atoms with E-state index in [1.54, 1.807) is 13.8 Å². The van der Waals surface area contributed by atoms with Gasteiger partial charge in [0.05, 0.1) is 5.92 Å². The van der Waals surface area contributed by atoms with Crippen LogP contribution in [0.5, 0.6) is 0 Å². The van der Waals surface area contributed by atoms with Crippen LogP contribution in [0.15, 0.2) is 0 Å². The maximum atomic E-state index is 11.7. The summed E-state index contributed by atoms with van der Waals surface area (Å²) in [6.07, 6.45) is 1.95. The number of hydrogen-bond acceptors (Lipinski definition) is 3. The third kappa shape index (κ3) is 5.40. The van der Waals surface area contributed by atoms with Crippen molar-refractivity contribution in [3.05, 3.63) is 0 Å². The summed E-state index contributed by atoms with van der Waals surface area (Å²) in [6.45, 7) is 5.38. The molecule has 0 heterocycles. The minimum absolute atomic E-state index is 0.0998. The Bertz CT molecular complexity index is 333. The van der Waals surface area contributed by atoms with E-state index in [1.807, 2.05) is 6.92 Å². The summed E-state index contributed by atoms with van der Waals surface area (Å²) in [4.78, 5) is 11.7. The van der Waals surface area contributed by atoms with E-state index >= 15 is 0 Å². The van der Waals surface area contributed by atoms with E-state index in [0.717, 1.165) is 0 Å². The Labute approximate surface area is 127 Å². The maximum Gasteiger partial charge on any atom is 0.325 e. The number of alkyl halides is 4. The first-order valence-corrected chi connectivity index (χ1v) is 6.93. The summed E-state index contributed by atoms with van der Waals surface area (Å²) in [5.74, 6) is -1.15. The molecule has 0 spiro atoms. The van der Waals surface area contributed by atoms with Gasteiger partial charge in [-0.2, -0.15) is 0 Å². The van der Waals surface area contributed by atoms with Crippen LogP contribution in [0.1, 0.15) is 33.6 Å². The topological polar surface area (TPSA) is 50.1 Å². The summed E-state index contributed by atoms with van der Waals surface area (Å²) in [5, 5.41) is 7.84. The van der Waals surface area contributed by atoms with Crippen LogP contribution in [0.4, 0.5) is 0 Å². The minimum atomic E-state index is -1.49. The Morgan fingerprint density at radius 3 is 2.22 bits per heavy atom. The number of rotatable bonds is 5. The van der Waals surface area contributed by atoms with Crippen molar-refractivity contribution in [1.29, 1.82) is 5.26 Å². The standard InChI is InChI=1S/C11H15Cl4NO2/c1-4-7(9(17)18-6-16)10(2,3)8(12)5-11(13,14)15/h7-8H,4-5H2,1-3H3. The average Bonchev–Trinajstić information content (AvgIpc) is 2.15. The lowest BCUT2D eigenvalue weighted by Crippen LogP contribution is -2.40. The Balaban J connectivity index is 4.97. The molecule has 2 atom stereocenters. The molecule has 3 nitrogen and oxygen atoms in total. The summed E-state index contributed by atoms with van der Waals surface area (Å²) in [6, 6.07) is 0. The summed E-state index contributed by atoms with van der Waals surface area (Å²) < 4.78 is 2.89. The largest absolute Gasteiger partial charge is 0.351 e. The molecule has 0 rings (SSSR count).